The Balaban J connectivity index is 1.12. The van der Waals surface area contributed by atoms with Gasteiger partial charge in [-0.2, -0.15) is 13.2 Å². The highest BCUT2D eigenvalue weighted by molar-refractivity contribution is 7.99. The lowest BCUT2D eigenvalue weighted by molar-refractivity contribution is -0.137. The third-order valence-electron chi connectivity index (χ3n) is 8.74. The minimum atomic E-state index is -4.64. The molecule has 3 aromatic rings. The fourth-order valence-electron chi connectivity index (χ4n) is 6.06. The van der Waals surface area contributed by atoms with Gasteiger partial charge in [-0.15, -0.1) is 23.1 Å². The lowest BCUT2D eigenvalue weighted by Crippen LogP contribution is -2.50. The highest BCUT2D eigenvalue weighted by Gasteiger charge is 2.39. The smallest absolute Gasteiger partial charge is 0.381 e. The highest BCUT2D eigenvalue weighted by atomic mass is 32.2. The molecule has 234 valence electrons. The Morgan fingerprint density at radius 1 is 1.09 bits per heavy atom. The number of thioether (sulfide) groups is 1. The maximum atomic E-state index is 14.2. The molecule has 1 aromatic carbocycles. The second kappa shape index (κ2) is 12.1. The van der Waals surface area contributed by atoms with Gasteiger partial charge in [-0.1, -0.05) is 6.92 Å². The zero-order valence-electron chi connectivity index (χ0n) is 24.5. The van der Waals surface area contributed by atoms with Crippen molar-refractivity contribution in [3.63, 3.8) is 0 Å². The average molecular weight is 645 g/mol. The number of nitrogens with one attached hydrogen (secondary N) is 1. The van der Waals surface area contributed by atoms with Crippen LogP contribution < -0.4 is 10.2 Å². The van der Waals surface area contributed by atoms with Gasteiger partial charge in [0.05, 0.1) is 23.8 Å². The summed E-state index contributed by atoms with van der Waals surface area (Å²) in [5, 5.41) is 3.19. The normalized spacial score (nSPS) is 20.0. The molecule has 2 saturated heterocycles. The standard InChI is InChI=1S/C31H35F3N6O2S2/c1-2-20-13-22(39-9-7-38(8-10-39)16-19-17-42-18-19)5-6-24(20)36-30-35-15-23(31(32,33)34)27(37-30)25-14-26-28(44-25)29(41)40(11-12-43-26)21-3-4-21/h5-6,13-15,19,21H,2-4,7-12,16-18H2,1H3,(H,35,36,37). The van der Waals surface area contributed by atoms with Crippen molar-refractivity contribution in [1.29, 1.82) is 0 Å². The number of amides is 1. The van der Waals surface area contributed by atoms with E-state index < -0.39 is 11.7 Å². The van der Waals surface area contributed by atoms with E-state index in [0.29, 0.717) is 22.2 Å². The van der Waals surface area contributed by atoms with Gasteiger partial charge in [-0.25, -0.2) is 9.97 Å². The van der Waals surface area contributed by atoms with Crippen molar-refractivity contribution in [3.8, 4) is 10.6 Å². The van der Waals surface area contributed by atoms with E-state index in [-0.39, 0.29) is 23.6 Å². The van der Waals surface area contributed by atoms with E-state index in [1.54, 1.807) is 6.07 Å². The van der Waals surface area contributed by atoms with Crippen LogP contribution in [0.5, 0.6) is 0 Å². The molecule has 0 radical (unpaired) electrons. The van der Waals surface area contributed by atoms with E-state index in [0.717, 1.165) is 110 Å². The van der Waals surface area contributed by atoms with Gasteiger partial charge in [0.25, 0.3) is 5.91 Å². The summed E-state index contributed by atoms with van der Waals surface area (Å²) in [6.07, 6.45) is -1.09. The molecule has 0 unspecified atom stereocenters. The summed E-state index contributed by atoms with van der Waals surface area (Å²) < 4.78 is 47.8. The number of fused-ring (bicyclic) bond motifs is 1. The predicted octanol–water partition coefficient (Wildman–Crippen LogP) is 6.01. The molecule has 1 amide bonds. The number of hydrogen-bond acceptors (Lipinski definition) is 9. The van der Waals surface area contributed by atoms with Crippen molar-refractivity contribution >= 4 is 46.3 Å². The van der Waals surface area contributed by atoms with Gasteiger partial charge in [-0.3, -0.25) is 9.69 Å². The van der Waals surface area contributed by atoms with Gasteiger partial charge in [0.15, 0.2) is 0 Å². The Kier molecular flexibility index (Phi) is 8.23. The summed E-state index contributed by atoms with van der Waals surface area (Å²) in [7, 11) is 0. The molecule has 0 atom stereocenters. The summed E-state index contributed by atoms with van der Waals surface area (Å²) >= 11 is 2.61. The molecule has 7 rings (SSSR count). The Morgan fingerprint density at radius 3 is 2.57 bits per heavy atom. The summed E-state index contributed by atoms with van der Waals surface area (Å²) in [6, 6.07) is 8.09. The topological polar surface area (TPSA) is 73.8 Å². The van der Waals surface area contributed by atoms with Gasteiger partial charge >= 0.3 is 6.18 Å². The number of rotatable bonds is 8. The molecule has 13 heteroatoms. The molecule has 44 heavy (non-hydrogen) atoms. The molecular formula is C31H35F3N6O2S2. The van der Waals surface area contributed by atoms with E-state index in [1.165, 1.54) is 11.8 Å². The molecule has 1 saturated carbocycles. The monoisotopic (exact) mass is 644 g/mol. The van der Waals surface area contributed by atoms with Crippen LogP contribution in [-0.2, 0) is 17.3 Å². The third-order valence-corrected chi connectivity index (χ3v) is 11.0. The number of hydrogen-bond donors (Lipinski definition) is 1. The molecule has 1 N–H and O–H groups in total. The Morgan fingerprint density at radius 2 is 1.89 bits per heavy atom. The number of halogens is 3. The van der Waals surface area contributed by atoms with Crippen LogP contribution in [0.15, 0.2) is 35.4 Å². The van der Waals surface area contributed by atoms with Crippen LogP contribution in [0.2, 0.25) is 0 Å². The van der Waals surface area contributed by atoms with Gasteiger partial charge in [0.1, 0.15) is 10.4 Å². The van der Waals surface area contributed by atoms with E-state index in [4.69, 9.17) is 4.74 Å². The van der Waals surface area contributed by atoms with Crippen LogP contribution >= 0.6 is 23.1 Å². The number of carbonyl (C=O) groups is 1. The number of aromatic nitrogens is 2. The number of thiophene rings is 1. The summed E-state index contributed by atoms with van der Waals surface area (Å²) in [6.45, 7) is 9.44. The highest BCUT2D eigenvalue weighted by Crippen LogP contribution is 2.44. The Bertz CT molecular complexity index is 1530. The van der Waals surface area contributed by atoms with Gasteiger partial charge in [-0.05, 0) is 49.1 Å². The van der Waals surface area contributed by atoms with Crippen LogP contribution in [0.3, 0.4) is 0 Å². The minimum absolute atomic E-state index is 0.0891. The molecule has 2 aromatic heterocycles. The number of aryl methyl sites for hydroxylation is 1. The predicted molar refractivity (Wildman–Crippen MR) is 167 cm³/mol. The number of ether oxygens (including phenoxy) is 1. The van der Waals surface area contributed by atoms with Crippen molar-refractivity contribution in [2.24, 2.45) is 5.92 Å². The van der Waals surface area contributed by atoms with Crippen molar-refractivity contribution in [2.75, 3.05) is 68.5 Å². The largest absolute Gasteiger partial charge is 0.420 e. The number of benzene rings is 1. The first-order valence-electron chi connectivity index (χ1n) is 15.2. The molecule has 0 spiro atoms. The summed E-state index contributed by atoms with van der Waals surface area (Å²) in [5.74, 6) is 1.37. The molecular weight excluding hydrogens is 610 g/mol. The number of alkyl halides is 3. The van der Waals surface area contributed by atoms with Crippen molar-refractivity contribution in [2.45, 2.75) is 43.3 Å². The second-order valence-electron chi connectivity index (χ2n) is 11.8. The van der Waals surface area contributed by atoms with Crippen LogP contribution in [0, 0.1) is 5.92 Å². The maximum Gasteiger partial charge on any atom is 0.420 e. The van der Waals surface area contributed by atoms with Crippen LogP contribution in [0.4, 0.5) is 30.5 Å². The average Bonchev–Trinajstić information content (AvgIpc) is 3.77. The molecule has 3 aliphatic heterocycles. The van der Waals surface area contributed by atoms with Crippen molar-refractivity contribution < 1.29 is 22.7 Å². The first-order chi connectivity index (χ1) is 21.3. The van der Waals surface area contributed by atoms with E-state index in [2.05, 4.69) is 38.1 Å². The van der Waals surface area contributed by atoms with Gasteiger partial charge in [0, 0.05) is 79.4 Å². The van der Waals surface area contributed by atoms with Crippen LogP contribution in [0.1, 0.15) is 40.6 Å². The Hall–Kier alpha value is -2.87. The van der Waals surface area contributed by atoms with E-state index in [9.17, 15) is 18.0 Å². The van der Waals surface area contributed by atoms with Crippen LogP contribution in [-0.4, -0.2) is 90.0 Å². The second-order valence-corrected chi connectivity index (χ2v) is 14.0. The van der Waals surface area contributed by atoms with Gasteiger partial charge in [0.2, 0.25) is 5.95 Å². The molecule has 5 heterocycles. The zero-order valence-corrected chi connectivity index (χ0v) is 26.2. The number of carbonyl (C=O) groups excluding carboxylic acids is 1. The number of anilines is 3. The molecule has 3 fully saturated rings. The van der Waals surface area contributed by atoms with Gasteiger partial charge < -0.3 is 19.9 Å². The summed E-state index contributed by atoms with van der Waals surface area (Å²) in [4.78, 5) is 30.1. The zero-order chi connectivity index (χ0) is 30.4. The SMILES string of the molecule is CCc1cc(N2CCN(CC3COC3)CC2)ccc1Nc1ncc(C(F)(F)F)c(-c2cc3c(s2)C(=O)N(C2CC2)CCS3)n1. The Labute approximate surface area is 263 Å². The van der Waals surface area contributed by atoms with Crippen molar-refractivity contribution in [3.05, 3.63) is 46.5 Å². The van der Waals surface area contributed by atoms with Crippen molar-refractivity contribution in [1.82, 2.24) is 19.8 Å². The molecule has 8 nitrogen and oxygen atoms in total. The fourth-order valence-corrected chi connectivity index (χ4v) is 8.38. The number of nitrogens with zero attached hydrogens (tertiary/aromatic N) is 5. The van der Waals surface area contributed by atoms with E-state index in [1.807, 2.05) is 17.0 Å². The molecule has 4 aliphatic rings. The number of piperazine rings is 1. The maximum absolute atomic E-state index is 14.2. The quantitative estimate of drug-likeness (QED) is 0.320. The van der Waals surface area contributed by atoms with E-state index >= 15 is 0 Å². The third kappa shape index (κ3) is 6.16. The fraction of sp³-hybridized carbons (Fsp3) is 0.516. The summed E-state index contributed by atoms with van der Waals surface area (Å²) in [5.41, 5.74) is 1.81. The lowest BCUT2D eigenvalue weighted by atomic mass is 10.1. The molecule has 1 aliphatic carbocycles. The molecule has 0 bridgehead atoms. The first-order valence-corrected chi connectivity index (χ1v) is 17.0. The minimum Gasteiger partial charge on any atom is -0.381 e. The van der Waals surface area contributed by atoms with Crippen LogP contribution in [0.25, 0.3) is 10.6 Å². The lowest BCUT2D eigenvalue weighted by Gasteiger charge is -2.39. The first kappa shape index (κ1) is 29.8.